The first-order chi connectivity index (χ1) is 9.84. The molecule has 1 aromatic rings. The van der Waals surface area contributed by atoms with E-state index in [-0.39, 0.29) is 11.7 Å². The molecule has 0 spiro atoms. The zero-order valence-electron chi connectivity index (χ0n) is 12.0. The SMILES string of the molecule is [C-]#[N+]c1ccc(N2CCNCC2C(C)C)cc1C(F)(F)F. The van der Waals surface area contributed by atoms with Gasteiger partial charge in [0.2, 0.25) is 0 Å². The number of nitrogens with zero attached hydrogens (tertiary/aromatic N) is 2. The molecular weight excluding hydrogens is 279 g/mol. The Morgan fingerprint density at radius 3 is 2.67 bits per heavy atom. The number of hydrogen-bond donors (Lipinski definition) is 1. The second-order valence-electron chi connectivity index (χ2n) is 5.52. The highest BCUT2D eigenvalue weighted by Crippen LogP contribution is 2.39. The molecule has 1 N–H and O–H groups in total. The number of benzene rings is 1. The van der Waals surface area contributed by atoms with Gasteiger partial charge in [-0.2, -0.15) is 13.2 Å². The maximum Gasteiger partial charge on any atom is 0.407 e. The molecule has 1 aromatic carbocycles. The Kier molecular flexibility index (Phi) is 4.43. The van der Waals surface area contributed by atoms with Crippen molar-refractivity contribution < 1.29 is 13.2 Å². The third-order valence-corrected chi connectivity index (χ3v) is 3.79. The maximum atomic E-state index is 13.1. The Morgan fingerprint density at radius 1 is 1.38 bits per heavy atom. The van der Waals surface area contributed by atoms with E-state index in [4.69, 9.17) is 6.57 Å². The van der Waals surface area contributed by atoms with E-state index in [2.05, 4.69) is 24.0 Å². The van der Waals surface area contributed by atoms with Crippen molar-refractivity contribution in [1.29, 1.82) is 0 Å². The van der Waals surface area contributed by atoms with E-state index in [0.717, 1.165) is 19.2 Å². The number of rotatable bonds is 2. The van der Waals surface area contributed by atoms with Crippen LogP contribution in [0.5, 0.6) is 0 Å². The van der Waals surface area contributed by atoms with Crippen LogP contribution in [-0.2, 0) is 6.18 Å². The summed E-state index contributed by atoms with van der Waals surface area (Å²) in [5, 5.41) is 3.27. The Morgan fingerprint density at radius 2 is 2.10 bits per heavy atom. The first-order valence-electron chi connectivity index (χ1n) is 6.90. The first kappa shape index (κ1) is 15.6. The molecule has 0 radical (unpaired) electrons. The van der Waals surface area contributed by atoms with E-state index < -0.39 is 11.7 Å². The Labute approximate surface area is 122 Å². The summed E-state index contributed by atoms with van der Waals surface area (Å²) in [5.74, 6) is 0.327. The number of halogens is 3. The lowest BCUT2D eigenvalue weighted by Gasteiger charge is -2.40. The molecule has 0 amide bonds. The van der Waals surface area contributed by atoms with Crippen molar-refractivity contribution in [2.24, 2.45) is 5.92 Å². The number of nitrogens with one attached hydrogen (secondary N) is 1. The molecule has 1 fully saturated rings. The molecule has 0 aromatic heterocycles. The molecule has 1 atom stereocenters. The van der Waals surface area contributed by atoms with E-state index in [9.17, 15) is 13.2 Å². The summed E-state index contributed by atoms with van der Waals surface area (Å²) in [6.45, 7) is 13.2. The van der Waals surface area contributed by atoms with Crippen LogP contribution in [0.3, 0.4) is 0 Å². The Hall–Kier alpha value is -1.74. The zero-order chi connectivity index (χ0) is 15.6. The van der Waals surface area contributed by atoms with Crippen LogP contribution in [0, 0.1) is 12.5 Å². The molecule has 0 bridgehead atoms. The van der Waals surface area contributed by atoms with Gasteiger partial charge in [-0.05, 0) is 18.1 Å². The predicted octanol–water partition coefficient (Wildman–Crippen LogP) is 3.69. The van der Waals surface area contributed by atoms with Crippen molar-refractivity contribution in [2.75, 3.05) is 24.5 Å². The third-order valence-electron chi connectivity index (χ3n) is 3.79. The minimum atomic E-state index is -4.50. The van der Waals surface area contributed by atoms with Gasteiger partial charge in [0.1, 0.15) is 0 Å². The number of hydrogen-bond acceptors (Lipinski definition) is 2. The summed E-state index contributed by atoms with van der Waals surface area (Å²) in [5.41, 5.74) is -0.659. The van der Waals surface area contributed by atoms with Crippen LogP contribution < -0.4 is 10.2 Å². The summed E-state index contributed by atoms with van der Waals surface area (Å²) in [6, 6.07) is 4.14. The fraction of sp³-hybridized carbons (Fsp3) is 0.533. The highest BCUT2D eigenvalue weighted by atomic mass is 19.4. The number of piperazine rings is 1. The summed E-state index contributed by atoms with van der Waals surface area (Å²) in [6.07, 6.45) is -4.50. The summed E-state index contributed by atoms with van der Waals surface area (Å²) in [4.78, 5) is 4.98. The Bertz CT molecular complexity index is 546. The van der Waals surface area contributed by atoms with Gasteiger partial charge in [-0.15, -0.1) is 0 Å². The van der Waals surface area contributed by atoms with E-state index in [1.165, 1.54) is 6.07 Å². The maximum absolute atomic E-state index is 13.1. The standard InChI is InChI=1S/C15H18F3N3/c1-10(2)14-9-20-6-7-21(14)11-4-5-13(19-3)12(8-11)15(16,17)18/h4-5,8,10,14,20H,6-7,9H2,1-2H3. The van der Waals surface area contributed by atoms with Crippen molar-refractivity contribution in [3.05, 3.63) is 35.2 Å². The molecule has 114 valence electrons. The summed E-state index contributed by atoms with van der Waals surface area (Å²) >= 11 is 0. The second-order valence-corrected chi connectivity index (χ2v) is 5.52. The molecule has 1 aliphatic heterocycles. The van der Waals surface area contributed by atoms with Gasteiger partial charge < -0.3 is 10.2 Å². The lowest BCUT2D eigenvalue weighted by Crippen LogP contribution is -2.53. The van der Waals surface area contributed by atoms with Crippen molar-refractivity contribution in [1.82, 2.24) is 5.32 Å². The van der Waals surface area contributed by atoms with E-state index in [1.807, 2.05) is 4.90 Å². The lowest BCUT2D eigenvalue weighted by atomic mass is 9.99. The van der Waals surface area contributed by atoms with Crippen LogP contribution in [0.1, 0.15) is 19.4 Å². The second kappa shape index (κ2) is 5.94. The first-order valence-corrected chi connectivity index (χ1v) is 6.90. The molecule has 1 unspecified atom stereocenters. The van der Waals surface area contributed by atoms with Crippen molar-refractivity contribution in [3.63, 3.8) is 0 Å². The molecule has 21 heavy (non-hydrogen) atoms. The summed E-state index contributed by atoms with van der Waals surface area (Å²) < 4.78 is 39.2. The molecule has 0 aliphatic carbocycles. The fourth-order valence-corrected chi connectivity index (χ4v) is 2.67. The lowest BCUT2D eigenvalue weighted by molar-refractivity contribution is -0.136. The van der Waals surface area contributed by atoms with Gasteiger partial charge in [0.25, 0.3) is 0 Å². The van der Waals surface area contributed by atoms with Gasteiger partial charge in [0.05, 0.1) is 12.1 Å². The van der Waals surface area contributed by atoms with Crippen LogP contribution >= 0.6 is 0 Å². The molecule has 6 heteroatoms. The minimum Gasteiger partial charge on any atom is -0.366 e. The molecule has 1 heterocycles. The van der Waals surface area contributed by atoms with E-state index in [1.54, 1.807) is 6.07 Å². The van der Waals surface area contributed by atoms with Crippen LogP contribution in [0.15, 0.2) is 18.2 Å². The average molecular weight is 297 g/mol. The van der Waals surface area contributed by atoms with E-state index >= 15 is 0 Å². The monoisotopic (exact) mass is 297 g/mol. The highest BCUT2D eigenvalue weighted by molar-refractivity contribution is 5.63. The smallest absolute Gasteiger partial charge is 0.366 e. The number of anilines is 1. The van der Waals surface area contributed by atoms with Crippen molar-refractivity contribution in [3.8, 4) is 0 Å². The molecule has 1 aliphatic rings. The van der Waals surface area contributed by atoms with Crippen molar-refractivity contribution in [2.45, 2.75) is 26.1 Å². The van der Waals surface area contributed by atoms with Gasteiger partial charge in [-0.25, -0.2) is 4.85 Å². The topological polar surface area (TPSA) is 19.6 Å². The predicted molar refractivity (Wildman–Crippen MR) is 76.5 cm³/mol. The highest BCUT2D eigenvalue weighted by Gasteiger charge is 2.35. The quantitative estimate of drug-likeness (QED) is 0.840. The van der Waals surface area contributed by atoms with Gasteiger partial charge in [0, 0.05) is 31.4 Å². The van der Waals surface area contributed by atoms with Gasteiger partial charge >= 0.3 is 6.18 Å². The minimum absolute atomic E-state index is 0.152. The van der Waals surface area contributed by atoms with Gasteiger partial charge in [-0.3, -0.25) is 0 Å². The Balaban J connectivity index is 2.42. The fourth-order valence-electron chi connectivity index (χ4n) is 2.67. The largest absolute Gasteiger partial charge is 0.407 e. The average Bonchev–Trinajstić information content (AvgIpc) is 2.45. The van der Waals surface area contributed by atoms with Gasteiger partial charge in [-0.1, -0.05) is 19.9 Å². The zero-order valence-corrected chi connectivity index (χ0v) is 12.0. The van der Waals surface area contributed by atoms with Crippen LogP contribution in [0.2, 0.25) is 0 Å². The van der Waals surface area contributed by atoms with Crippen LogP contribution in [-0.4, -0.2) is 25.7 Å². The molecule has 1 saturated heterocycles. The number of alkyl halides is 3. The van der Waals surface area contributed by atoms with Crippen molar-refractivity contribution >= 4 is 11.4 Å². The molecule has 3 nitrogen and oxygen atoms in total. The van der Waals surface area contributed by atoms with E-state index in [0.29, 0.717) is 18.2 Å². The normalized spacial score (nSPS) is 19.7. The molecular formula is C15H18F3N3. The summed E-state index contributed by atoms with van der Waals surface area (Å²) in [7, 11) is 0. The van der Waals surface area contributed by atoms with Crippen LogP contribution in [0.4, 0.5) is 24.5 Å². The van der Waals surface area contributed by atoms with Gasteiger partial charge in [0.15, 0.2) is 5.69 Å². The molecule has 2 rings (SSSR count). The molecule has 0 saturated carbocycles. The van der Waals surface area contributed by atoms with Crippen LogP contribution in [0.25, 0.3) is 4.85 Å². The third kappa shape index (κ3) is 3.30.